The number of hydrogen-bond acceptors (Lipinski definition) is 5. The average molecular weight is 383 g/mol. The van der Waals surface area contributed by atoms with Crippen molar-refractivity contribution in [3.63, 3.8) is 0 Å². The third-order valence-corrected chi connectivity index (χ3v) is 4.88. The van der Waals surface area contributed by atoms with Crippen molar-refractivity contribution >= 4 is 6.03 Å². The maximum absolute atomic E-state index is 12.1. The van der Waals surface area contributed by atoms with Gasteiger partial charge in [-0.3, -0.25) is 4.90 Å². The fraction of sp³-hybridized carbons (Fsp3) is 0.381. The van der Waals surface area contributed by atoms with E-state index < -0.39 is 0 Å². The van der Waals surface area contributed by atoms with E-state index in [0.29, 0.717) is 13.1 Å². The number of carbonyl (C=O) groups is 1. The van der Waals surface area contributed by atoms with Gasteiger partial charge in [0.2, 0.25) is 6.79 Å². The molecule has 0 radical (unpaired) electrons. The number of nitrogens with one attached hydrogen (secondary N) is 2. The van der Waals surface area contributed by atoms with Gasteiger partial charge in [-0.2, -0.15) is 0 Å². The summed E-state index contributed by atoms with van der Waals surface area (Å²) in [6.07, 6.45) is 0. The van der Waals surface area contributed by atoms with Gasteiger partial charge < -0.3 is 24.8 Å². The van der Waals surface area contributed by atoms with Crippen molar-refractivity contribution in [1.82, 2.24) is 15.5 Å². The fourth-order valence-corrected chi connectivity index (χ4v) is 3.26. The summed E-state index contributed by atoms with van der Waals surface area (Å²) in [4.78, 5) is 14.4. The van der Waals surface area contributed by atoms with Crippen LogP contribution in [0, 0.1) is 0 Å². The predicted octanol–water partition coefficient (Wildman–Crippen LogP) is 2.25. The van der Waals surface area contributed by atoms with Gasteiger partial charge in [0.05, 0.1) is 13.2 Å². The zero-order valence-corrected chi connectivity index (χ0v) is 15.8. The van der Waals surface area contributed by atoms with Crippen LogP contribution in [0.25, 0.3) is 0 Å². The summed E-state index contributed by atoms with van der Waals surface area (Å²) in [5.41, 5.74) is 3.31. The first-order valence-electron chi connectivity index (χ1n) is 9.54. The largest absolute Gasteiger partial charge is 0.454 e. The van der Waals surface area contributed by atoms with E-state index in [1.807, 2.05) is 18.2 Å². The number of morpholine rings is 1. The summed E-state index contributed by atoms with van der Waals surface area (Å²) < 4.78 is 16.0. The van der Waals surface area contributed by atoms with Gasteiger partial charge in [-0.05, 0) is 28.8 Å². The lowest BCUT2D eigenvalue weighted by Crippen LogP contribution is -2.35. The van der Waals surface area contributed by atoms with E-state index in [-0.39, 0.29) is 12.8 Å². The van der Waals surface area contributed by atoms with Crippen LogP contribution in [0.5, 0.6) is 11.5 Å². The molecule has 1 saturated heterocycles. The molecule has 2 heterocycles. The molecular formula is C21H25N3O4. The molecule has 148 valence electrons. The second-order valence-electron chi connectivity index (χ2n) is 6.93. The number of urea groups is 1. The molecule has 7 nitrogen and oxygen atoms in total. The van der Waals surface area contributed by atoms with Gasteiger partial charge in [-0.25, -0.2) is 4.79 Å². The Balaban J connectivity index is 1.20. The Labute approximate surface area is 164 Å². The van der Waals surface area contributed by atoms with Crippen LogP contribution < -0.4 is 20.1 Å². The second kappa shape index (κ2) is 8.95. The SMILES string of the molecule is O=C(NCc1ccc(CN2CCOCC2)cc1)NCc1ccc2c(c1)OCO2. The van der Waals surface area contributed by atoms with Crippen molar-refractivity contribution in [1.29, 1.82) is 0 Å². The molecule has 0 bridgehead atoms. The minimum atomic E-state index is -0.199. The molecule has 2 aliphatic heterocycles. The standard InChI is InChI=1S/C21H25N3O4/c25-21(23-13-18-5-6-19-20(11-18)28-15-27-19)22-12-16-1-3-17(4-2-16)14-24-7-9-26-10-8-24/h1-6,11H,7-10,12-15H2,(H2,22,23,25). The smallest absolute Gasteiger partial charge is 0.315 e. The number of rotatable bonds is 6. The van der Waals surface area contributed by atoms with Crippen molar-refractivity contribution in [2.45, 2.75) is 19.6 Å². The molecule has 7 heteroatoms. The first kappa shape index (κ1) is 18.6. The molecule has 28 heavy (non-hydrogen) atoms. The predicted molar refractivity (Wildman–Crippen MR) is 104 cm³/mol. The maximum Gasteiger partial charge on any atom is 0.315 e. The molecule has 2 aromatic rings. The molecule has 0 aliphatic carbocycles. The fourth-order valence-electron chi connectivity index (χ4n) is 3.26. The lowest BCUT2D eigenvalue weighted by atomic mass is 10.1. The summed E-state index contributed by atoms with van der Waals surface area (Å²) in [5, 5.41) is 5.75. The van der Waals surface area contributed by atoms with E-state index in [2.05, 4.69) is 39.8 Å². The quantitative estimate of drug-likeness (QED) is 0.801. The van der Waals surface area contributed by atoms with Gasteiger partial charge in [0.1, 0.15) is 0 Å². The Bertz CT molecular complexity index is 804. The zero-order chi connectivity index (χ0) is 19.2. The van der Waals surface area contributed by atoms with Gasteiger partial charge in [-0.1, -0.05) is 30.3 Å². The van der Waals surface area contributed by atoms with Crippen molar-refractivity contribution in [2.75, 3.05) is 33.1 Å². The zero-order valence-electron chi connectivity index (χ0n) is 15.8. The van der Waals surface area contributed by atoms with Gasteiger partial charge in [-0.15, -0.1) is 0 Å². The number of benzene rings is 2. The number of carbonyl (C=O) groups excluding carboxylic acids is 1. The molecular weight excluding hydrogens is 358 g/mol. The number of hydrogen-bond donors (Lipinski definition) is 2. The summed E-state index contributed by atoms with van der Waals surface area (Å²) in [6.45, 7) is 5.68. The van der Waals surface area contributed by atoms with E-state index in [0.717, 1.165) is 55.5 Å². The van der Waals surface area contributed by atoms with Crippen molar-refractivity contribution in [3.05, 3.63) is 59.2 Å². The molecule has 4 rings (SSSR count). The molecule has 2 N–H and O–H groups in total. The Kier molecular flexibility index (Phi) is 5.94. The Hall–Kier alpha value is -2.77. The van der Waals surface area contributed by atoms with E-state index >= 15 is 0 Å². The highest BCUT2D eigenvalue weighted by Gasteiger charge is 2.13. The van der Waals surface area contributed by atoms with Crippen LogP contribution >= 0.6 is 0 Å². The number of amides is 2. The molecule has 2 amide bonds. The Morgan fingerprint density at radius 1 is 0.857 bits per heavy atom. The molecule has 0 aromatic heterocycles. The lowest BCUT2D eigenvalue weighted by molar-refractivity contribution is 0.0342. The third kappa shape index (κ3) is 4.94. The molecule has 0 saturated carbocycles. The van der Waals surface area contributed by atoms with Crippen LogP contribution in [-0.2, 0) is 24.4 Å². The first-order valence-corrected chi connectivity index (χ1v) is 9.54. The Morgan fingerprint density at radius 3 is 2.29 bits per heavy atom. The maximum atomic E-state index is 12.1. The van der Waals surface area contributed by atoms with Crippen LogP contribution in [0.1, 0.15) is 16.7 Å². The average Bonchev–Trinajstić information content (AvgIpc) is 3.20. The van der Waals surface area contributed by atoms with Crippen molar-refractivity contribution in [2.24, 2.45) is 0 Å². The highest BCUT2D eigenvalue weighted by atomic mass is 16.7. The number of fused-ring (bicyclic) bond motifs is 1. The van der Waals surface area contributed by atoms with Crippen LogP contribution in [0.2, 0.25) is 0 Å². The third-order valence-electron chi connectivity index (χ3n) is 4.88. The van der Waals surface area contributed by atoms with Gasteiger partial charge in [0.25, 0.3) is 0 Å². The Morgan fingerprint density at radius 2 is 1.50 bits per heavy atom. The van der Waals surface area contributed by atoms with Gasteiger partial charge in [0.15, 0.2) is 11.5 Å². The van der Waals surface area contributed by atoms with Crippen LogP contribution in [0.15, 0.2) is 42.5 Å². The van der Waals surface area contributed by atoms with Crippen LogP contribution in [0.4, 0.5) is 4.79 Å². The molecule has 2 aliphatic rings. The van der Waals surface area contributed by atoms with E-state index in [1.165, 1.54) is 5.56 Å². The first-order chi connectivity index (χ1) is 13.8. The van der Waals surface area contributed by atoms with Crippen molar-refractivity contribution < 1.29 is 19.0 Å². The minimum Gasteiger partial charge on any atom is -0.454 e. The molecule has 0 atom stereocenters. The second-order valence-corrected chi connectivity index (χ2v) is 6.93. The molecule has 0 spiro atoms. The molecule has 1 fully saturated rings. The van der Waals surface area contributed by atoms with Crippen LogP contribution in [0.3, 0.4) is 0 Å². The summed E-state index contributed by atoms with van der Waals surface area (Å²) in [5.74, 6) is 1.46. The van der Waals surface area contributed by atoms with E-state index in [1.54, 1.807) is 0 Å². The monoisotopic (exact) mass is 383 g/mol. The van der Waals surface area contributed by atoms with Gasteiger partial charge >= 0.3 is 6.03 Å². The normalized spacial score (nSPS) is 16.0. The van der Waals surface area contributed by atoms with Gasteiger partial charge in [0, 0.05) is 32.7 Å². The van der Waals surface area contributed by atoms with E-state index in [4.69, 9.17) is 14.2 Å². The summed E-state index contributed by atoms with van der Waals surface area (Å²) in [7, 11) is 0. The van der Waals surface area contributed by atoms with E-state index in [9.17, 15) is 4.79 Å². The molecule has 0 unspecified atom stereocenters. The summed E-state index contributed by atoms with van der Waals surface area (Å²) >= 11 is 0. The highest BCUT2D eigenvalue weighted by Crippen LogP contribution is 2.32. The molecule has 2 aromatic carbocycles. The van der Waals surface area contributed by atoms with Crippen LogP contribution in [-0.4, -0.2) is 44.0 Å². The summed E-state index contributed by atoms with van der Waals surface area (Å²) in [6, 6.07) is 13.8. The number of ether oxygens (including phenoxy) is 3. The number of nitrogens with zero attached hydrogens (tertiary/aromatic N) is 1. The lowest BCUT2D eigenvalue weighted by Gasteiger charge is -2.26. The minimum absolute atomic E-state index is 0.199. The van der Waals surface area contributed by atoms with Crippen molar-refractivity contribution in [3.8, 4) is 11.5 Å². The topological polar surface area (TPSA) is 72.1 Å². The highest BCUT2D eigenvalue weighted by molar-refractivity contribution is 5.73.